The highest BCUT2D eigenvalue weighted by molar-refractivity contribution is 7.89. The zero-order chi connectivity index (χ0) is 10.1. The summed E-state index contributed by atoms with van der Waals surface area (Å²) >= 11 is 0. The lowest BCUT2D eigenvalue weighted by atomic mass is 10.1. The Bertz CT molecular complexity index is 407. The van der Waals surface area contributed by atoms with Crippen molar-refractivity contribution in [2.75, 3.05) is 6.26 Å². The minimum absolute atomic E-state index is 0.0269. The van der Waals surface area contributed by atoms with Crippen molar-refractivity contribution in [2.24, 2.45) is 0 Å². The number of sulfone groups is 1. The molecule has 0 heterocycles. The molecule has 0 fully saturated rings. The third-order valence-corrected chi connectivity index (χ3v) is 2.56. The summed E-state index contributed by atoms with van der Waals surface area (Å²) < 4.78 is 21.8. The Morgan fingerprint density at radius 2 is 2.00 bits per heavy atom. The zero-order valence-corrected chi connectivity index (χ0v) is 8.43. The standard InChI is InChI=1S/C9H12O3S/c1-7-3-4-8(5-9(7)10)6-13(2,11)12/h3-5,10H,6H2,1-2H3. The van der Waals surface area contributed by atoms with E-state index in [1.54, 1.807) is 19.1 Å². The monoisotopic (exact) mass is 200 g/mol. The summed E-state index contributed by atoms with van der Waals surface area (Å²) in [6.45, 7) is 1.76. The van der Waals surface area contributed by atoms with E-state index in [-0.39, 0.29) is 11.5 Å². The number of hydrogen-bond donors (Lipinski definition) is 1. The summed E-state index contributed by atoms with van der Waals surface area (Å²) in [5.74, 6) is 0.113. The molecule has 0 amide bonds. The fraction of sp³-hybridized carbons (Fsp3) is 0.333. The smallest absolute Gasteiger partial charge is 0.151 e. The topological polar surface area (TPSA) is 54.4 Å². The van der Waals surface area contributed by atoms with Crippen molar-refractivity contribution < 1.29 is 13.5 Å². The molecule has 0 radical (unpaired) electrons. The quantitative estimate of drug-likeness (QED) is 0.781. The lowest BCUT2D eigenvalue weighted by molar-refractivity contribution is 0.470. The van der Waals surface area contributed by atoms with E-state index in [0.29, 0.717) is 5.56 Å². The van der Waals surface area contributed by atoms with E-state index in [9.17, 15) is 13.5 Å². The molecule has 13 heavy (non-hydrogen) atoms. The SMILES string of the molecule is Cc1ccc(CS(C)(=O)=O)cc1O. The van der Waals surface area contributed by atoms with Crippen molar-refractivity contribution in [3.63, 3.8) is 0 Å². The van der Waals surface area contributed by atoms with Gasteiger partial charge < -0.3 is 5.11 Å². The summed E-state index contributed by atoms with van der Waals surface area (Å²) in [5.41, 5.74) is 1.36. The Balaban J connectivity index is 2.99. The van der Waals surface area contributed by atoms with Gasteiger partial charge in [-0.2, -0.15) is 0 Å². The van der Waals surface area contributed by atoms with Crippen LogP contribution in [0.15, 0.2) is 18.2 Å². The Labute approximate surface area is 77.9 Å². The molecule has 0 aliphatic rings. The second kappa shape index (κ2) is 3.38. The lowest BCUT2D eigenvalue weighted by Crippen LogP contribution is -2.00. The van der Waals surface area contributed by atoms with Gasteiger partial charge in [0, 0.05) is 6.26 Å². The molecule has 1 N–H and O–H groups in total. The molecule has 0 saturated carbocycles. The predicted octanol–water partition coefficient (Wildman–Crippen LogP) is 1.25. The fourth-order valence-electron chi connectivity index (χ4n) is 1.05. The number of phenolic OH excluding ortho intramolecular Hbond substituents is 1. The highest BCUT2D eigenvalue weighted by Crippen LogP contribution is 2.18. The van der Waals surface area contributed by atoms with E-state index in [2.05, 4.69) is 0 Å². The Morgan fingerprint density at radius 1 is 1.38 bits per heavy atom. The first-order valence-electron chi connectivity index (χ1n) is 3.85. The maximum absolute atomic E-state index is 10.9. The van der Waals surface area contributed by atoms with Crippen molar-refractivity contribution in [3.8, 4) is 5.75 Å². The van der Waals surface area contributed by atoms with Gasteiger partial charge in [0.05, 0.1) is 5.75 Å². The summed E-state index contributed by atoms with van der Waals surface area (Å²) in [5, 5.41) is 9.30. The van der Waals surface area contributed by atoms with Gasteiger partial charge in [0.15, 0.2) is 9.84 Å². The average molecular weight is 200 g/mol. The normalized spacial score (nSPS) is 11.5. The fourth-order valence-corrected chi connectivity index (χ4v) is 1.83. The Morgan fingerprint density at radius 3 is 2.46 bits per heavy atom. The minimum atomic E-state index is -3.02. The maximum atomic E-state index is 10.9. The highest BCUT2D eigenvalue weighted by Gasteiger charge is 2.05. The molecule has 0 saturated heterocycles. The lowest BCUT2D eigenvalue weighted by Gasteiger charge is -2.02. The molecule has 0 bridgehead atoms. The van der Waals surface area contributed by atoms with Crippen LogP contribution in [0.4, 0.5) is 0 Å². The van der Waals surface area contributed by atoms with Gasteiger partial charge in [0.1, 0.15) is 5.75 Å². The molecule has 3 nitrogen and oxygen atoms in total. The van der Waals surface area contributed by atoms with Gasteiger partial charge in [-0.05, 0) is 24.1 Å². The van der Waals surface area contributed by atoms with Gasteiger partial charge in [0.25, 0.3) is 0 Å². The molecule has 0 atom stereocenters. The second-order valence-corrected chi connectivity index (χ2v) is 5.33. The van der Waals surface area contributed by atoms with E-state index in [4.69, 9.17) is 0 Å². The van der Waals surface area contributed by atoms with Gasteiger partial charge in [-0.15, -0.1) is 0 Å². The molecule has 4 heteroatoms. The molecular weight excluding hydrogens is 188 g/mol. The van der Waals surface area contributed by atoms with Gasteiger partial charge in [-0.25, -0.2) is 8.42 Å². The number of phenols is 1. The summed E-state index contributed by atoms with van der Waals surface area (Å²) in [6, 6.07) is 4.89. The number of benzene rings is 1. The number of aryl methyl sites for hydroxylation is 1. The van der Waals surface area contributed by atoms with E-state index in [1.165, 1.54) is 12.3 Å². The van der Waals surface area contributed by atoms with Crippen LogP contribution in [0.2, 0.25) is 0 Å². The summed E-state index contributed by atoms with van der Waals surface area (Å²) in [7, 11) is -3.02. The molecule has 72 valence electrons. The van der Waals surface area contributed by atoms with Crippen LogP contribution in [0, 0.1) is 6.92 Å². The van der Waals surface area contributed by atoms with Gasteiger partial charge in [0.2, 0.25) is 0 Å². The number of hydrogen-bond acceptors (Lipinski definition) is 3. The molecule has 1 aromatic carbocycles. The first-order chi connectivity index (χ1) is 5.88. The van der Waals surface area contributed by atoms with Crippen molar-refractivity contribution in [2.45, 2.75) is 12.7 Å². The minimum Gasteiger partial charge on any atom is -0.508 e. The average Bonchev–Trinajstić information content (AvgIpc) is 1.94. The first-order valence-corrected chi connectivity index (χ1v) is 5.91. The van der Waals surface area contributed by atoms with Crippen LogP contribution >= 0.6 is 0 Å². The van der Waals surface area contributed by atoms with E-state index in [1.807, 2.05) is 0 Å². The van der Waals surface area contributed by atoms with Crippen LogP contribution in [-0.4, -0.2) is 19.8 Å². The predicted molar refractivity (Wildman–Crippen MR) is 51.4 cm³/mol. The molecule has 1 aromatic rings. The summed E-state index contributed by atoms with van der Waals surface area (Å²) in [6.07, 6.45) is 1.17. The van der Waals surface area contributed by atoms with E-state index >= 15 is 0 Å². The van der Waals surface area contributed by atoms with Crippen molar-refractivity contribution in [3.05, 3.63) is 29.3 Å². The first kappa shape index (κ1) is 10.1. The van der Waals surface area contributed by atoms with Crippen molar-refractivity contribution >= 4 is 9.84 Å². The molecule has 0 aromatic heterocycles. The second-order valence-electron chi connectivity index (χ2n) is 3.19. The van der Waals surface area contributed by atoms with Crippen molar-refractivity contribution in [1.29, 1.82) is 0 Å². The molecule has 0 unspecified atom stereocenters. The third-order valence-electron chi connectivity index (χ3n) is 1.70. The van der Waals surface area contributed by atoms with Crippen molar-refractivity contribution in [1.82, 2.24) is 0 Å². The highest BCUT2D eigenvalue weighted by atomic mass is 32.2. The largest absolute Gasteiger partial charge is 0.508 e. The molecule has 1 rings (SSSR count). The Hall–Kier alpha value is -1.03. The molecule has 0 aliphatic heterocycles. The molecule has 0 spiro atoms. The van der Waals surface area contributed by atoms with E-state index < -0.39 is 9.84 Å². The molecular formula is C9H12O3S. The number of rotatable bonds is 2. The summed E-state index contributed by atoms with van der Waals surface area (Å²) in [4.78, 5) is 0. The zero-order valence-electron chi connectivity index (χ0n) is 7.61. The van der Waals surface area contributed by atoms with Gasteiger partial charge in [-0.3, -0.25) is 0 Å². The van der Waals surface area contributed by atoms with Crippen LogP contribution < -0.4 is 0 Å². The van der Waals surface area contributed by atoms with E-state index in [0.717, 1.165) is 5.56 Å². The van der Waals surface area contributed by atoms with Gasteiger partial charge in [-0.1, -0.05) is 12.1 Å². The van der Waals surface area contributed by atoms with Crippen LogP contribution in [0.3, 0.4) is 0 Å². The van der Waals surface area contributed by atoms with Crippen LogP contribution in [0.5, 0.6) is 5.75 Å². The van der Waals surface area contributed by atoms with Crippen LogP contribution in [0.1, 0.15) is 11.1 Å². The Kier molecular flexibility index (Phi) is 2.61. The van der Waals surface area contributed by atoms with Crippen LogP contribution in [0.25, 0.3) is 0 Å². The number of aromatic hydroxyl groups is 1. The maximum Gasteiger partial charge on any atom is 0.151 e. The van der Waals surface area contributed by atoms with Crippen LogP contribution in [-0.2, 0) is 15.6 Å². The van der Waals surface area contributed by atoms with Gasteiger partial charge >= 0.3 is 0 Å². The third kappa shape index (κ3) is 3.06. The molecule has 0 aliphatic carbocycles.